The molecule has 0 radical (unpaired) electrons. The average Bonchev–Trinajstić information content (AvgIpc) is 2.83. The first kappa shape index (κ1) is 23.3. The number of hydrogen-bond acceptors (Lipinski definition) is 4. The molecule has 2 aromatic carbocycles. The van der Waals surface area contributed by atoms with E-state index in [0.717, 1.165) is 38.0 Å². The zero-order valence-electron chi connectivity index (χ0n) is 18.8. The van der Waals surface area contributed by atoms with Gasteiger partial charge in [0.05, 0.1) is 6.54 Å². The quantitative estimate of drug-likeness (QED) is 0.586. The summed E-state index contributed by atoms with van der Waals surface area (Å²) in [6.07, 6.45) is 4.12. The molecule has 1 atom stereocenters. The molecular formula is C25H32N4O3. The Morgan fingerprint density at radius 1 is 0.938 bits per heavy atom. The molecule has 1 aliphatic heterocycles. The topological polar surface area (TPSA) is 90.5 Å². The van der Waals surface area contributed by atoms with E-state index in [4.69, 9.17) is 0 Å². The summed E-state index contributed by atoms with van der Waals surface area (Å²) < 4.78 is 0. The zero-order valence-corrected chi connectivity index (χ0v) is 18.8. The lowest BCUT2D eigenvalue weighted by atomic mass is 10.1. The second kappa shape index (κ2) is 11.3. The van der Waals surface area contributed by atoms with Crippen LogP contribution in [0.5, 0.6) is 0 Å². The molecule has 0 aromatic heterocycles. The van der Waals surface area contributed by atoms with Crippen LogP contribution in [0.3, 0.4) is 0 Å². The summed E-state index contributed by atoms with van der Waals surface area (Å²) >= 11 is 0. The van der Waals surface area contributed by atoms with Crippen molar-refractivity contribution in [3.8, 4) is 0 Å². The van der Waals surface area contributed by atoms with E-state index < -0.39 is 0 Å². The van der Waals surface area contributed by atoms with Crippen LogP contribution >= 0.6 is 0 Å². The van der Waals surface area contributed by atoms with Gasteiger partial charge in [-0.2, -0.15) is 0 Å². The minimum atomic E-state index is -0.217. The lowest BCUT2D eigenvalue weighted by molar-refractivity contribution is -0.114. The fourth-order valence-electron chi connectivity index (χ4n) is 3.55. The smallest absolute Gasteiger partial charge is 0.253 e. The van der Waals surface area contributed by atoms with Gasteiger partial charge in [-0.3, -0.25) is 14.4 Å². The molecule has 1 unspecified atom stereocenters. The van der Waals surface area contributed by atoms with E-state index >= 15 is 0 Å². The van der Waals surface area contributed by atoms with Gasteiger partial charge in [-0.1, -0.05) is 13.0 Å². The highest BCUT2D eigenvalue weighted by atomic mass is 16.2. The maximum atomic E-state index is 12.7. The van der Waals surface area contributed by atoms with E-state index in [1.807, 2.05) is 18.7 Å². The number of hydrogen-bond donors (Lipinski definition) is 3. The Morgan fingerprint density at radius 3 is 2.34 bits per heavy atom. The largest absolute Gasteiger partial charge is 0.376 e. The Hall–Kier alpha value is -3.35. The standard InChI is InChI=1S/C25H32N4O3/c1-3-18(2)27-24(31)19-10-12-21(13-11-19)26-17-23(30)28-22-9-7-8-20(16-22)25(32)29-14-5-4-6-15-29/h7-13,16,18,26H,3-6,14-15,17H2,1-2H3,(H,27,31)(H,28,30). The number of rotatable bonds is 8. The fourth-order valence-corrected chi connectivity index (χ4v) is 3.55. The summed E-state index contributed by atoms with van der Waals surface area (Å²) in [4.78, 5) is 39.1. The van der Waals surface area contributed by atoms with Gasteiger partial charge in [-0.05, 0) is 75.1 Å². The Labute approximate surface area is 189 Å². The lowest BCUT2D eigenvalue weighted by Gasteiger charge is -2.26. The predicted octanol–water partition coefficient (Wildman–Crippen LogP) is 3.89. The number of amides is 3. The van der Waals surface area contributed by atoms with E-state index in [1.54, 1.807) is 48.5 Å². The average molecular weight is 437 g/mol. The molecule has 0 aliphatic carbocycles. The summed E-state index contributed by atoms with van der Waals surface area (Å²) in [5.74, 6) is -0.315. The molecule has 1 heterocycles. The number of anilines is 2. The number of benzene rings is 2. The molecular weight excluding hydrogens is 404 g/mol. The molecule has 1 saturated heterocycles. The fraction of sp³-hybridized carbons (Fsp3) is 0.400. The van der Waals surface area contributed by atoms with Crippen LogP contribution in [-0.4, -0.2) is 48.3 Å². The SMILES string of the molecule is CCC(C)NC(=O)c1ccc(NCC(=O)Nc2cccc(C(=O)N3CCCCC3)c2)cc1. The molecule has 3 rings (SSSR count). The van der Waals surface area contributed by atoms with Crippen LogP contribution < -0.4 is 16.0 Å². The summed E-state index contributed by atoms with van der Waals surface area (Å²) in [5.41, 5.74) is 2.50. The molecule has 0 spiro atoms. The van der Waals surface area contributed by atoms with Crippen molar-refractivity contribution in [2.24, 2.45) is 0 Å². The van der Waals surface area contributed by atoms with Gasteiger partial charge < -0.3 is 20.9 Å². The number of nitrogens with one attached hydrogen (secondary N) is 3. The summed E-state index contributed by atoms with van der Waals surface area (Å²) in [5, 5.41) is 8.81. The molecule has 3 amide bonds. The van der Waals surface area contributed by atoms with Crippen LogP contribution in [0.25, 0.3) is 0 Å². The molecule has 32 heavy (non-hydrogen) atoms. The maximum absolute atomic E-state index is 12.7. The molecule has 1 aliphatic rings. The van der Waals surface area contributed by atoms with E-state index in [0.29, 0.717) is 16.8 Å². The first-order valence-electron chi connectivity index (χ1n) is 11.3. The Bertz CT molecular complexity index is 936. The summed E-state index contributed by atoms with van der Waals surface area (Å²) in [6, 6.07) is 14.2. The molecule has 3 N–H and O–H groups in total. The highest BCUT2D eigenvalue weighted by molar-refractivity contribution is 5.98. The van der Waals surface area contributed by atoms with Crippen molar-refractivity contribution in [2.45, 2.75) is 45.6 Å². The van der Waals surface area contributed by atoms with Crippen molar-refractivity contribution in [3.63, 3.8) is 0 Å². The van der Waals surface area contributed by atoms with Crippen molar-refractivity contribution < 1.29 is 14.4 Å². The first-order chi connectivity index (χ1) is 15.5. The van der Waals surface area contributed by atoms with E-state index in [-0.39, 0.29) is 30.3 Å². The minimum Gasteiger partial charge on any atom is -0.376 e. The van der Waals surface area contributed by atoms with Crippen molar-refractivity contribution in [1.29, 1.82) is 0 Å². The van der Waals surface area contributed by atoms with E-state index in [2.05, 4.69) is 16.0 Å². The normalized spacial score (nSPS) is 14.4. The molecule has 1 fully saturated rings. The van der Waals surface area contributed by atoms with Gasteiger partial charge in [0.25, 0.3) is 11.8 Å². The molecule has 7 heteroatoms. The zero-order chi connectivity index (χ0) is 22.9. The van der Waals surface area contributed by atoms with Gasteiger partial charge in [0.2, 0.25) is 5.91 Å². The molecule has 170 valence electrons. The van der Waals surface area contributed by atoms with Crippen LogP contribution in [0.4, 0.5) is 11.4 Å². The highest BCUT2D eigenvalue weighted by Crippen LogP contribution is 2.17. The van der Waals surface area contributed by atoms with Crippen molar-refractivity contribution in [3.05, 3.63) is 59.7 Å². The van der Waals surface area contributed by atoms with Gasteiger partial charge in [-0.25, -0.2) is 0 Å². The lowest BCUT2D eigenvalue weighted by Crippen LogP contribution is -2.35. The van der Waals surface area contributed by atoms with Crippen LogP contribution in [0.15, 0.2) is 48.5 Å². The van der Waals surface area contributed by atoms with Crippen LogP contribution in [0.1, 0.15) is 60.2 Å². The Morgan fingerprint density at radius 2 is 1.66 bits per heavy atom. The van der Waals surface area contributed by atoms with Gasteiger partial charge in [0.1, 0.15) is 0 Å². The second-order valence-corrected chi connectivity index (χ2v) is 8.20. The molecule has 0 saturated carbocycles. The van der Waals surface area contributed by atoms with Crippen LogP contribution in [0, 0.1) is 0 Å². The first-order valence-corrected chi connectivity index (χ1v) is 11.3. The van der Waals surface area contributed by atoms with Crippen LogP contribution in [-0.2, 0) is 4.79 Å². The van der Waals surface area contributed by atoms with E-state index in [1.165, 1.54) is 6.42 Å². The number of carbonyl (C=O) groups excluding carboxylic acids is 3. The van der Waals surface area contributed by atoms with Gasteiger partial charge in [-0.15, -0.1) is 0 Å². The summed E-state index contributed by atoms with van der Waals surface area (Å²) in [6.45, 7) is 5.63. The third-order valence-corrected chi connectivity index (χ3v) is 5.63. The van der Waals surface area contributed by atoms with E-state index in [9.17, 15) is 14.4 Å². The van der Waals surface area contributed by atoms with Crippen LogP contribution in [0.2, 0.25) is 0 Å². The van der Waals surface area contributed by atoms with Gasteiger partial charge in [0, 0.05) is 41.6 Å². The summed E-state index contributed by atoms with van der Waals surface area (Å²) in [7, 11) is 0. The van der Waals surface area contributed by atoms with Crippen molar-refractivity contribution >= 4 is 29.1 Å². The van der Waals surface area contributed by atoms with Crippen molar-refractivity contribution in [1.82, 2.24) is 10.2 Å². The number of likely N-dealkylation sites (tertiary alicyclic amines) is 1. The third kappa shape index (κ3) is 6.57. The van der Waals surface area contributed by atoms with Gasteiger partial charge >= 0.3 is 0 Å². The molecule has 0 bridgehead atoms. The Kier molecular flexibility index (Phi) is 8.25. The third-order valence-electron chi connectivity index (χ3n) is 5.63. The number of carbonyl (C=O) groups is 3. The number of nitrogens with zero attached hydrogens (tertiary/aromatic N) is 1. The Balaban J connectivity index is 1.50. The monoisotopic (exact) mass is 436 g/mol. The van der Waals surface area contributed by atoms with Gasteiger partial charge in [0.15, 0.2) is 0 Å². The molecule has 2 aromatic rings. The highest BCUT2D eigenvalue weighted by Gasteiger charge is 2.18. The number of piperidine rings is 1. The van der Waals surface area contributed by atoms with Crippen molar-refractivity contribution in [2.75, 3.05) is 30.3 Å². The maximum Gasteiger partial charge on any atom is 0.253 e. The second-order valence-electron chi connectivity index (χ2n) is 8.20. The predicted molar refractivity (Wildman–Crippen MR) is 127 cm³/mol. The molecule has 7 nitrogen and oxygen atoms in total. The minimum absolute atomic E-state index is 0.0105.